The highest BCUT2D eigenvalue weighted by molar-refractivity contribution is 7.85. The third-order valence-corrected chi connectivity index (χ3v) is 1.34. The summed E-state index contributed by atoms with van der Waals surface area (Å²) in [4.78, 5) is 2.33. The van der Waals surface area contributed by atoms with E-state index in [-0.39, 0.29) is 0 Å². The number of hydrogen-bond donors (Lipinski definition) is 3. The predicted molar refractivity (Wildman–Crippen MR) is 65.3 cm³/mol. The highest BCUT2D eigenvalue weighted by atomic mass is 32.2. The monoisotopic (exact) mass is 292 g/mol. The van der Waals surface area contributed by atoms with Crippen molar-refractivity contribution in [2.24, 2.45) is 0 Å². The van der Waals surface area contributed by atoms with Crippen molar-refractivity contribution in [1.29, 1.82) is 0 Å². The molecule has 1 aliphatic rings. The van der Waals surface area contributed by atoms with Crippen molar-refractivity contribution in [1.82, 2.24) is 10.2 Å². The number of piperazine rings is 1. The third kappa shape index (κ3) is 49.6. The minimum absolute atomic E-state index is 0.715. The lowest BCUT2D eigenvalue weighted by Gasteiger charge is -2.21. The summed E-state index contributed by atoms with van der Waals surface area (Å²) in [5.41, 5.74) is 0. The third-order valence-electron chi connectivity index (χ3n) is 1.34. The van der Waals surface area contributed by atoms with Crippen LogP contribution in [0.25, 0.3) is 0 Å². The Morgan fingerprint density at radius 2 is 1.18 bits per heavy atom. The van der Waals surface area contributed by atoms with E-state index in [1.165, 1.54) is 13.1 Å². The van der Waals surface area contributed by atoms with Gasteiger partial charge < -0.3 is 10.2 Å². The van der Waals surface area contributed by atoms with Gasteiger partial charge in [0, 0.05) is 26.2 Å². The van der Waals surface area contributed by atoms with Gasteiger partial charge in [-0.25, -0.2) is 0 Å². The van der Waals surface area contributed by atoms with Gasteiger partial charge in [0.1, 0.15) is 0 Å². The summed E-state index contributed by atoms with van der Waals surface area (Å²) in [6.07, 6.45) is 1.43. The van der Waals surface area contributed by atoms with Crippen LogP contribution in [0.15, 0.2) is 0 Å². The predicted octanol–water partition coefficient (Wildman–Crippen LogP) is -1.47. The van der Waals surface area contributed by atoms with E-state index in [1.54, 1.807) is 0 Å². The molecular weight excluding hydrogens is 272 g/mol. The standard InChI is InChI=1S/C5H12N2.2CH4O3S/c1-7-4-2-6-3-5-7;2*1-5(2,3)4/h6H,2-5H2,1H3;2*1H3,(H,2,3,4). The minimum Gasteiger partial charge on any atom is -0.314 e. The molecular formula is C7H20N2O6S2. The molecule has 0 aromatic heterocycles. The second-order valence-electron chi connectivity index (χ2n) is 3.52. The molecule has 0 atom stereocenters. The molecule has 0 spiro atoms. The SMILES string of the molecule is CN1CCNCC1.CS(=O)(=O)O.CS(=O)(=O)O. The molecule has 0 amide bonds. The van der Waals surface area contributed by atoms with E-state index >= 15 is 0 Å². The van der Waals surface area contributed by atoms with Gasteiger partial charge in [0.2, 0.25) is 0 Å². The van der Waals surface area contributed by atoms with Crippen molar-refractivity contribution in [3.8, 4) is 0 Å². The molecule has 0 aromatic rings. The summed E-state index contributed by atoms with van der Waals surface area (Å²) in [5, 5.41) is 3.27. The first kappa shape index (κ1) is 19.1. The molecule has 1 heterocycles. The zero-order chi connectivity index (χ0) is 14.1. The Hall–Kier alpha value is -0.260. The van der Waals surface area contributed by atoms with Crippen LogP contribution in [0, 0.1) is 0 Å². The van der Waals surface area contributed by atoms with E-state index in [0.29, 0.717) is 12.5 Å². The highest BCUT2D eigenvalue weighted by Gasteiger charge is 2.01. The Bertz CT molecular complexity index is 325. The van der Waals surface area contributed by atoms with Crippen LogP contribution in [0.1, 0.15) is 0 Å². The first-order valence-corrected chi connectivity index (χ1v) is 8.33. The molecule has 0 unspecified atom stereocenters. The van der Waals surface area contributed by atoms with Crippen molar-refractivity contribution in [3.63, 3.8) is 0 Å². The quantitative estimate of drug-likeness (QED) is 0.462. The number of hydrogen-bond acceptors (Lipinski definition) is 6. The first-order chi connectivity index (χ1) is 7.39. The minimum atomic E-state index is -3.67. The van der Waals surface area contributed by atoms with E-state index < -0.39 is 20.2 Å². The maximum atomic E-state index is 9.19. The average molecular weight is 292 g/mol. The lowest BCUT2D eigenvalue weighted by molar-refractivity contribution is 0.291. The zero-order valence-corrected chi connectivity index (χ0v) is 11.8. The molecule has 17 heavy (non-hydrogen) atoms. The van der Waals surface area contributed by atoms with Crippen LogP contribution in [0.5, 0.6) is 0 Å². The average Bonchev–Trinajstić information content (AvgIpc) is 1.98. The Morgan fingerprint density at radius 1 is 0.941 bits per heavy atom. The number of rotatable bonds is 0. The zero-order valence-electron chi connectivity index (χ0n) is 10.1. The van der Waals surface area contributed by atoms with Crippen LogP contribution in [0.3, 0.4) is 0 Å². The fourth-order valence-corrected chi connectivity index (χ4v) is 0.777. The largest absolute Gasteiger partial charge is 0.314 e. The Labute approximate surface area is 103 Å². The van der Waals surface area contributed by atoms with Crippen LogP contribution in [0.4, 0.5) is 0 Å². The molecule has 1 aliphatic heterocycles. The summed E-state index contributed by atoms with van der Waals surface area (Å²) in [6.45, 7) is 4.74. The van der Waals surface area contributed by atoms with Crippen LogP contribution >= 0.6 is 0 Å². The Kier molecular flexibility index (Phi) is 9.85. The molecule has 8 nitrogen and oxygen atoms in total. The second kappa shape index (κ2) is 8.78. The molecule has 106 valence electrons. The van der Waals surface area contributed by atoms with Crippen molar-refractivity contribution in [2.75, 3.05) is 45.7 Å². The van der Waals surface area contributed by atoms with Crippen LogP contribution < -0.4 is 5.32 Å². The first-order valence-electron chi connectivity index (χ1n) is 4.64. The van der Waals surface area contributed by atoms with Crippen molar-refractivity contribution >= 4 is 20.2 Å². The number of likely N-dealkylation sites (N-methyl/N-ethyl adjacent to an activating group) is 1. The molecule has 0 radical (unpaired) electrons. The Balaban J connectivity index is 0. The van der Waals surface area contributed by atoms with Gasteiger partial charge >= 0.3 is 0 Å². The summed E-state index contributed by atoms with van der Waals surface area (Å²) in [6, 6.07) is 0. The maximum Gasteiger partial charge on any atom is 0.261 e. The summed E-state index contributed by atoms with van der Waals surface area (Å²) < 4.78 is 51.7. The van der Waals surface area contributed by atoms with Crippen molar-refractivity contribution < 1.29 is 25.9 Å². The van der Waals surface area contributed by atoms with Gasteiger partial charge in [-0.3, -0.25) is 9.11 Å². The molecule has 0 aromatic carbocycles. The lowest BCUT2D eigenvalue weighted by Crippen LogP contribution is -2.40. The summed E-state index contributed by atoms with van der Waals surface area (Å²) >= 11 is 0. The lowest BCUT2D eigenvalue weighted by atomic mass is 10.4. The van der Waals surface area contributed by atoms with Gasteiger partial charge in [0.05, 0.1) is 12.5 Å². The molecule has 1 saturated heterocycles. The van der Waals surface area contributed by atoms with E-state index in [0.717, 1.165) is 13.1 Å². The molecule has 1 rings (SSSR count). The number of nitrogens with zero attached hydrogens (tertiary/aromatic N) is 1. The van der Waals surface area contributed by atoms with E-state index in [4.69, 9.17) is 9.11 Å². The van der Waals surface area contributed by atoms with Gasteiger partial charge in [-0.2, -0.15) is 16.8 Å². The topological polar surface area (TPSA) is 124 Å². The van der Waals surface area contributed by atoms with Crippen LogP contribution in [-0.4, -0.2) is 76.6 Å². The van der Waals surface area contributed by atoms with Crippen molar-refractivity contribution in [3.05, 3.63) is 0 Å². The van der Waals surface area contributed by atoms with E-state index in [9.17, 15) is 16.8 Å². The highest BCUT2D eigenvalue weighted by Crippen LogP contribution is 1.83. The van der Waals surface area contributed by atoms with Gasteiger partial charge in [0.25, 0.3) is 20.2 Å². The smallest absolute Gasteiger partial charge is 0.261 e. The van der Waals surface area contributed by atoms with Crippen LogP contribution in [-0.2, 0) is 20.2 Å². The van der Waals surface area contributed by atoms with Gasteiger partial charge in [-0.1, -0.05) is 0 Å². The van der Waals surface area contributed by atoms with E-state index in [2.05, 4.69) is 17.3 Å². The number of nitrogens with one attached hydrogen (secondary N) is 1. The molecule has 0 aliphatic carbocycles. The van der Waals surface area contributed by atoms with Gasteiger partial charge in [-0.15, -0.1) is 0 Å². The maximum absolute atomic E-state index is 9.19. The summed E-state index contributed by atoms with van der Waals surface area (Å²) in [5.74, 6) is 0. The molecule has 0 saturated carbocycles. The molecule has 0 bridgehead atoms. The fraction of sp³-hybridized carbons (Fsp3) is 1.00. The second-order valence-corrected chi connectivity index (χ2v) is 6.45. The Morgan fingerprint density at radius 3 is 1.29 bits per heavy atom. The summed E-state index contributed by atoms with van der Waals surface area (Å²) in [7, 11) is -5.18. The van der Waals surface area contributed by atoms with Crippen molar-refractivity contribution in [2.45, 2.75) is 0 Å². The van der Waals surface area contributed by atoms with E-state index in [1.807, 2.05) is 0 Å². The molecule has 1 fully saturated rings. The van der Waals surface area contributed by atoms with Crippen LogP contribution in [0.2, 0.25) is 0 Å². The van der Waals surface area contributed by atoms with Gasteiger partial charge in [0.15, 0.2) is 0 Å². The van der Waals surface area contributed by atoms with Gasteiger partial charge in [-0.05, 0) is 7.05 Å². The fourth-order valence-electron chi connectivity index (χ4n) is 0.777. The molecule has 3 N–H and O–H groups in total. The normalized spacial score (nSPS) is 17.2. The molecule has 10 heteroatoms.